The number of rotatable bonds is 8. The highest BCUT2D eigenvalue weighted by Crippen LogP contribution is 2.69. The number of sulfonamides is 1. The van der Waals surface area contributed by atoms with Gasteiger partial charge in [0.25, 0.3) is 0 Å². The van der Waals surface area contributed by atoms with Gasteiger partial charge >= 0.3 is 0 Å². The fraction of sp³-hybridized carbons (Fsp3) is 0.308. The van der Waals surface area contributed by atoms with Gasteiger partial charge in [0.1, 0.15) is 0 Å². The lowest BCUT2D eigenvalue weighted by atomic mass is 9.93. The zero-order valence-electron chi connectivity index (χ0n) is 18.1. The number of hydrogen-bond acceptors (Lipinski definition) is 4. The molecule has 1 saturated heterocycles. The zero-order chi connectivity index (χ0) is 22.3. The molecule has 32 heavy (non-hydrogen) atoms. The molecular weight excluding hydrogens is 438 g/mol. The van der Waals surface area contributed by atoms with Gasteiger partial charge in [0, 0.05) is 23.4 Å². The molecule has 0 unspecified atom stereocenters. The summed E-state index contributed by atoms with van der Waals surface area (Å²) < 4.78 is 34.4. The molecule has 1 aliphatic heterocycles. The van der Waals surface area contributed by atoms with Crippen LogP contribution in [0.3, 0.4) is 0 Å². The molecule has 1 aromatic heterocycles. The van der Waals surface area contributed by atoms with Gasteiger partial charge in [-0.15, -0.1) is 11.3 Å². The summed E-state index contributed by atoms with van der Waals surface area (Å²) in [7, 11) is -3.53. The summed E-state index contributed by atoms with van der Waals surface area (Å²) in [6, 6.07) is 21.4. The van der Waals surface area contributed by atoms with Gasteiger partial charge in [-0.25, -0.2) is 8.42 Å². The molecule has 2 aromatic carbocycles. The predicted octanol–water partition coefficient (Wildman–Crippen LogP) is 5.22. The van der Waals surface area contributed by atoms with Crippen molar-refractivity contribution in [2.45, 2.75) is 18.4 Å². The van der Waals surface area contributed by atoms with Gasteiger partial charge in [0.05, 0.1) is 18.1 Å². The molecule has 166 valence electrons. The Morgan fingerprint density at radius 1 is 1.12 bits per heavy atom. The molecule has 2 aliphatic rings. The molecule has 0 amide bonds. The first-order valence-corrected chi connectivity index (χ1v) is 13.2. The van der Waals surface area contributed by atoms with Crippen LogP contribution in [0.4, 0.5) is 0 Å². The van der Waals surface area contributed by atoms with Crippen molar-refractivity contribution in [2.75, 3.05) is 19.7 Å². The van der Waals surface area contributed by atoms with Crippen LogP contribution in [0.5, 0.6) is 0 Å². The van der Waals surface area contributed by atoms with Gasteiger partial charge in [-0.3, -0.25) is 0 Å². The third kappa shape index (κ3) is 3.65. The van der Waals surface area contributed by atoms with Gasteiger partial charge in [0.2, 0.25) is 10.0 Å². The molecule has 0 bridgehead atoms. The van der Waals surface area contributed by atoms with E-state index in [0.717, 1.165) is 21.6 Å². The number of ether oxygens (including phenoxy) is 1. The summed E-state index contributed by atoms with van der Waals surface area (Å²) in [4.78, 5) is 1.49. The van der Waals surface area contributed by atoms with Crippen molar-refractivity contribution in [3.63, 3.8) is 0 Å². The highest BCUT2D eigenvalue weighted by molar-refractivity contribution is 7.89. The molecule has 1 aliphatic carbocycles. The van der Waals surface area contributed by atoms with E-state index < -0.39 is 10.0 Å². The summed E-state index contributed by atoms with van der Waals surface area (Å²) in [6.45, 7) is 8.56. The summed E-state index contributed by atoms with van der Waals surface area (Å²) in [5, 5.41) is 2.05. The summed E-state index contributed by atoms with van der Waals surface area (Å²) in [6.07, 6.45) is 0. The molecule has 0 N–H and O–H groups in total. The average molecular weight is 466 g/mol. The zero-order valence-corrected chi connectivity index (χ0v) is 19.7. The highest BCUT2D eigenvalue weighted by Gasteiger charge is 2.71. The number of piperidine rings is 1. The van der Waals surface area contributed by atoms with E-state index in [4.69, 9.17) is 4.74 Å². The van der Waals surface area contributed by atoms with E-state index in [9.17, 15) is 8.42 Å². The van der Waals surface area contributed by atoms with E-state index in [0.29, 0.717) is 31.2 Å². The van der Waals surface area contributed by atoms with Crippen molar-refractivity contribution in [2.24, 2.45) is 17.3 Å². The number of thiophene rings is 1. The Bertz CT molecular complexity index is 1200. The topological polar surface area (TPSA) is 46.6 Å². The van der Waals surface area contributed by atoms with Crippen LogP contribution in [0.25, 0.3) is 5.57 Å². The van der Waals surface area contributed by atoms with Crippen LogP contribution in [0.2, 0.25) is 0 Å². The number of fused-ring (bicyclic) bond motifs is 1. The van der Waals surface area contributed by atoms with Crippen LogP contribution in [-0.2, 0) is 21.4 Å². The minimum atomic E-state index is -3.53. The lowest BCUT2D eigenvalue weighted by Crippen LogP contribution is -2.34. The van der Waals surface area contributed by atoms with Crippen molar-refractivity contribution in [1.82, 2.24) is 4.31 Å². The Labute approximate surface area is 194 Å². The van der Waals surface area contributed by atoms with Crippen LogP contribution in [0.15, 0.2) is 83.6 Å². The highest BCUT2D eigenvalue weighted by atomic mass is 32.2. The third-order valence-corrected chi connectivity index (χ3v) is 9.74. The fourth-order valence-electron chi connectivity index (χ4n) is 5.11. The van der Waals surface area contributed by atoms with Crippen LogP contribution in [-0.4, -0.2) is 32.4 Å². The smallest absolute Gasteiger partial charge is 0.243 e. The van der Waals surface area contributed by atoms with Crippen molar-refractivity contribution >= 4 is 26.9 Å². The fourth-order valence-corrected chi connectivity index (χ4v) is 7.42. The maximum absolute atomic E-state index is 13.3. The minimum absolute atomic E-state index is 0.230. The molecule has 6 heteroatoms. The lowest BCUT2D eigenvalue weighted by molar-refractivity contribution is 0.0981. The number of aryl methyl sites for hydroxylation is 1. The van der Waals surface area contributed by atoms with E-state index in [1.807, 2.05) is 48.7 Å². The second-order valence-electron chi connectivity index (χ2n) is 8.82. The molecule has 0 radical (unpaired) electrons. The molecule has 3 aromatic rings. The van der Waals surface area contributed by atoms with Gasteiger partial charge in [-0.2, -0.15) is 4.31 Å². The average Bonchev–Trinajstić information content (AvgIpc) is 3.20. The number of hydrogen-bond donors (Lipinski definition) is 0. The monoisotopic (exact) mass is 465 g/mol. The van der Waals surface area contributed by atoms with E-state index in [2.05, 4.69) is 24.8 Å². The van der Waals surface area contributed by atoms with Crippen LogP contribution < -0.4 is 0 Å². The maximum atomic E-state index is 13.3. The van der Waals surface area contributed by atoms with Crippen molar-refractivity contribution in [1.29, 1.82) is 0 Å². The molecule has 5 rings (SSSR count). The second-order valence-corrected chi connectivity index (χ2v) is 11.7. The van der Waals surface area contributed by atoms with Crippen molar-refractivity contribution < 1.29 is 13.2 Å². The molecule has 3 atom stereocenters. The van der Waals surface area contributed by atoms with Gasteiger partial charge in [-0.1, -0.05) is 60.7 Å². The van der Waals surface area contributed by atoms with E-state index in [1.165, 1.54) is 0 Å². The standard InChI is InChI=1S/C26H27NO3S2/c1-19-10-12-22(13-11-19)32(28,29)27-15-23-24(17-30-16-21-7-4-3-5-8-21)26(23,18-27)20(2)25-9-6-14-31-25/h3-14,23-24H,2,15-18H2,1H3/t23-,24+,26+/m1/s1. The largest absolute Gasteiger partial charge is 0.376 e. The SMILES string of the molecule is C=C(c1cccs1)[C@@]12CN(S(=O)(=O)c3ccc(C)cc3)C[C@@H]1[C@@H]2COCc1ccccc1. The Morgan fingerprint density at radius 3 is 2.56 bits per heavy atom. The molecule has 0 spiro atoms. The Balaban J connectivity index is 1.35. The van der Waals surface area contributed by atoms with Gasteiger partial charge in [-0.05, 0) is 53.5 Å². The first-order chi connectivity index (χ1) is 15.4. The quantitative estimate of drug-likeness (QED) is 0.458. The Morgan fingerprint density at radius 2 is 1.88 bits per heavy atom. The normalized spacial score (nSPS) is 24.9. The predicted molar refractivity (Wildman–Crippen MR) is 129 cm³/mol. The Hall–Kier alpha value is -2.25. The van der Waals surface area contributed by atoms with Crippen LogP contribution >= 0.6 is 11.3 Å². The third-order valence-electron chi connectivity index (χ3n) is 6.99. The lowest BCUT2D eigenvalue weighted by Gasteiger charge is -2.25. The minimum Gasteiger partial charge on any atom is -0.376 e. The Kier molecular flexibility index (Phi) is 5.58. The molecule has 1 saturated carbocycles. The molecule has 2 fully saturated rings. The molecule has 4 nitrogen and oxygen atoms in total. The van der Waals surface area contributed by atoms with Gasteiger partial charge in [0.15, 0.2) is 0 Å². The molecular formula is C26H27NO3S2. The second kappa shape index (κ2) is 8.27. The maximum Gasteiger partial charge on any atom is 0.243 e. The van der Waals surface area contributed by atoms with Gasteiger partial charge < -0.3 is 4.74 Å². The summed E-state index contributed by atoms with van der Waals surface area (Å²) in [5.74, 6) is 0.512. The number of nitrogens with zero attached hydrogens (tertiary/aromatic N) is 1. The first-order valence-electron chi connectivity index (χ1n) is 10.8. The summed E-state index contributed by atoms with van der Waals surface area (Å²) in [5.41, 5.74) is 2.99. The summed E-state index contributed by atoms with van der Waals surface area (Å²) >= 11 is 1.66. The van der Waals surface area contributed by atoms with E-state index in [1.54, 1.807) is 27.8 Å². The van der Waals surface area contributed by atoms with Crippen LogP contribution in [0.1, 0.15) is 16.0 Å². The van der Waals surface area contributed by atoms with Crippen molar-refractivity contribution in [3.05, 3.63) is 94.7 Å². The molecule has 2 heterocycles. The first kappa shape index (κ1) is 21.6. The number of benzene rings is 2. The van der Waals surface area contributed by atoms with E-state index >= 15 is 0 Å². The van der Waals surface area contributed by atoms with E-state index in [-0.39, 0.29) is 17.3 Å². The van der Waals surface area contributed by atoms with Crippen molar-refractivity contribution in [3.8, 4) is 0 Å². The van der Waals surface area contributed by atoms with Crippen LogP contribution in [0, 0.1) is 24.2 Å².